The van der Waals surface area contributed by atoms with E-state index in [-0.39, 0.29) is 11.8 Å². The third-order valence-electron chi connectivity index (χ3n) is 4.39. The van der Waals surface area contributed by atoms with Gasteiger partial charge in [-0.15, -0.1) is 0 Å². The number of nitrogens with zero attached hydrogens (tertiary/aromatic N) is 3. The molecular formula is C20H20ClN3O2. The van der Waals surface area contributed by atoms with E-state index < -0.39 is 0 Å². The van der Waals surface area contributed by atoms with E-state index in [2.05, 4.69) is 10.3 Å². The molecule has 5 nitrogen and oxygen atoms in total. The Morgan fingerprint density at radius 3 is 2.50 bits per heavy atom. The zero-order valence-corrected chi connectivity index (χ0v) is 15.5. The molecule has 0 saturated heterocycles. The van der Waals surface area contributed by atoms with Crippen molar-refractivity contribution in [3.63, 3.8) is 0 Å². The molecule has 1 atom stereocenters. The van der Waals surface area contributed by atoms with E-state index in [0.29, 0.717) is 29.4 Å². The van der Waals surface area contributed by atoms with Crippen molar-refractivity contribution < 1.29 is 9.42 Å². The van der Waals surface area contributed by atoms with E-state index in [1.807, 2.05) is 61.5 Å². The van der Waals surface area contributed by atoms with Crippen LogP contribution in [0, 0.1) is 6.92 Å². The molecule has 1 aromatic heterocycles. The lowest BCUT2D eigenvalue weighted by molar-refractivity contribution is -0.130. The molecule has 0 aliphatic carbocycles. The number of hydrogen-bond donors (Lipinski definition) is 0. The van der Waals surface area contributed by atoms with Crippen molar-refractivity contribution in [3.05, 3.63) is 82.1 Å². The fraction of sp³-hybridized carbons (Fsp3) is 0.250. The Hall–Kier alpha value is -2.66. The Morgan fingerprint density at radius 2 is 1.85 bits per heavy atom. The number of carbonyl (C=O) groups is 1. The van der Waals surface area contributed by atoms with Crippen LogP contribution in [0.2, 0.25) is 5.02 Å². The summed E-state index contributed by atoms with van der Waals surface area (Å²) in [6.45, 7) is 2.17. The Balaban J connectivity index is 1.81. The van der Waals surface area contributed by atoms with Gasteiger partial charge in [-0.3, -0.25) is 4.79 Å². The molecule has 134 valence electrons. The second kappa shape index (κ2) is 8.15. The number of rotatable bonds is 6. The lowest BCUT2D eigenvalue weighted by Crippen LogP contribution is -2.28. The number of aromatic nitrogens is 2. The molecule has 3 aromatic rings. The van der Waals surface area contributed by atoms with Crippen molar-refractivity contribution in [3.8, 4) is 0 Å². The monoisotopic (exact) mass is 369 g/mol. The first-order valence-electron chi connectivity index (χ1n) is 8.37. The van der Waals surface area contributed by atoms with Crippen molar-refractivity contribution in [1.29, 1.82) is 0 Å². The summed E-state index contributed by atoms with van der Waals surface area (Å²) < 4.78 is 4.71. The highest BCUT2D eigenvalue weighted by molar-refractivity contribution is 6.30. The molecule has 2 aromatic carbocycles. The van der Waals surface area contributed by atoms with Crippen LogP contribution in [-0.4, -0.2) is 28.2 Å². The van der Waals surface area contributed by atoms with Gasteiger partial charge >= 0.3 is 0 Å². The summed E-state index contributed by atoms with van der Waals surface area (Å²) in [6.07, 6.45) is 0.338. The molecule has 0 N–H and O–H groups in total. The van der Waals surface area contributed by atoms with E-state index in [9.17, 15) is 4.79 Å². The number of benzene rings is 2. The van der Waals surface area contributed by atoms with Gasteiger partial charge in [-0.05, 0) is 30.2 Å². The Labute approximate surface area is 157 Å². The third kappa shape index (κ3) is 4.29. The molecule has 1 heterocycles. The first-order valence-corrected chi connectivity index (χ1v) is 8.75. The maximum absolute atomic E-state index is 12.8. The number of carbonyl (C=O) groups excluding carboxylic acids is 1. The zero-order valence-electron chi connectivity index (χ0n) is 14.7. The van der Waals surface area contributed by atoms with Crippen LogP contribution in [-0.2, 0) is 11.3 Å². The molecule has 0 radical (unpaired) electrons. The van der Waals surface area contributed by atoms with Crippen LogP contribution >= 0.6 is 11.6 Å². The van der Waals surface area contributed by atoms with Crippen molar-refractivity contribution in [2.24, 2.45) is 0 Å². The minimum absolute atomic E-state index is 0.0150. The molecule has 3 rings (SSSR count). The smallest absolute Gasteiger partial charge is 0.223 e. The molecule has 0 aliphatic heterocycles. The summed E-state index contributed by atoms with van der Waals surface area (Å²) in [5.74, 6) is -0.0531. The predicted molar refractivity (Wildman–Crippen MR) is 99.9 cm³/mol. The fourth-order valence-electron chi connectivity index (χ4n) is 2.87. The first-order chi connectivity index (χ1) is 12.5. The first kappa shape index (κ1) is 18.1. The molecule has 0 saturated carbocycles. The van der Waals surface area contributed by atoms with Crippen molar-refractivity contribution in [2.75, 3.05) is 7.05 Å². The second-order valence-electron chi connectivity index (χ2n) is 6.27. The van der Waals surface area contributed by atoms with Gasteiger partial charge in [-0.25, -0.2) is 4.63 Å². The van der Waals surface area contributed by atoms with Crippen molar-refractivity contribution in [1.82, 2.24) is 15.2 Å². The highest BCUT2D eigenvalue weighted by Gasteiger charge is 2.22. The molecule has 0 fully saturated rings. The van der Waals surface area contributed by atoms with Gasteiger partial charge in [0.1, 0.15) is 11.4 Å². The van der Waals surface area contributed by atoms with Gasteiger partial charge in [0, 0.05) is 24.4 Å². The van der Waals surface area contributed by atoms with Crippen LogP contribution in [0.1, 0.15) is 34.9 Å². The standard InChI is InChI=1S/C20H20ClN3O2/c1-14-19(23-26-22-14)13-24(2)20(25)12-18(15-7-4-3-5-8-15)16-9-6-10-17(21)11-16/h3-11,18H,12-13H2,1-2H3. The number of amides is 1. The predicted octanol–water partition coefficient (Wildman–Crippen LogP) is 4.21. The van der Waals surface area contributed by atoms with Gasteiger partial charge in [-0.2, -0.15) is 0 Å². The van der Waals surface area contributed by atoms with Crippen LogP contribution in [0.4, 0.5) is 0 Å². The summed E-state index contributed by atoms with van der Waals surface area (Å²) >= 11 is 6.17. The van der Waals surface area contributed by atoms with Crippen LogP contribution in [0.15, 0.2) is 59.2 Å². The maximum atomic E-state index is 12.8. The van der Waals surface area contributed by atoms with Crippen LogP contribution in [0.5, 0.6) is 0 Å². The quantitative estimate of drug-likeness (QED) is 0.653. The summed E-state index contributed by atoms with van der Waals surface area (Å²) in [6, 6.07) is 17.6. The maximum Gasteiger partial charge on any atom is 0.223 e. The third-order valence-corrected chi connectivity index (χ3v) is 4.63. The molecule has 26 heavy (non-hydrogen) atoms. The fourth-order valence-corrected chi connectivity index (χ4v) is 3.07. The molecule has 0 spiro atoms. The summed E-state index contributed by atoms with van der Waals surface area (Å²) in [5, 5.41) is 8.26. The van der Waals surface area contributed by atoms with Gasteiger partial charge in [0.2, 0.25) is 5.91 Å². The number of hydrogen-bond acceptors (Lipinski definition) is 4. The normalized spacial score (nSPS) is 12.0. The van der Waals surface area contributed by atoms with E-state index in [4.69, 9.17) is 16.2 Å². The lowest BCUT2D eigenvalue weighted by atomic mass is 9.88. The Bertz CT molecular complexity index is 880. The van der Waals surface area contributed by atoms with E-state index in [1.54, 1.807) is 11.9 Å². The summed E-state index contributed by atoms with van der Waals surface area (Å²) in [7, 11) is 1.76. The number of halogens is 1. The largest absolute Gasteiger partial charge is 0.340 e. The van der Waals surface area contributed by atoms with Gasteiger partial charge in [0.15, 0.2) is 0 Å². The van der Waals surface area contributed by atoms with Gasteiger partial charge in [0.25, 0.3) is 0 Å². The molecule has 0 aliphatic rings. The molecule has 1 amide bonds. The average Bonchev–Trinajstić information content (AvgIpc) is 3.05. The second-order valence-corrected chi connectivity index (χ2v) is 6.70. The van der Waals surface area contributed by atoms with E-state index in [1.165, 1.54) is 0 Å². The summed E-state index contributed by atoms with van der Waals surface area (Å²) in [5.41, 5.74) is 3.46. The van der Waals surface area contributed by atoms with Crippen molar-refractivity contribution >= 4 is 17.5 Å². The molecular weight excluding hydrogens is 350 g/mol. The Morgan fingerprint density at radius 1 is 1.12 bits per heavy atom. The van der Waals surface area contributed by atoms with Crippen LogP contribution < -0.4 is 0 Å². The molecule has 0 bridgehead atoms. The molecule has 6 heteroatoms. The van der Waals surface area contributed by atoms with Gasteiger partial charge in [-0.1, -0.05) is 64.4 Å². The summed E-state index contributed by atoms with van der Waals surface area (Å²) in [4.78, 5) is 14.5. The highest BCUT2D eigenvalue weighted by Crippen LogP contribution is 2.30. The highest BCUT2D eigenvalue weighted by atomic mass is 35.5. The van der Waals surface area contributed by atoms with Gasteiger partial charge in [0.05, 0.1) is 6.54 Å². The molecule has 1 unspecified atom stereocenters. The zero-order chi connectivity index (χ0) is 18.5. The van der Waals surface area contributed by atoms with E-state index in [0.717, 1.165) is 11.1 Å². The SMILES string of the molecule is Cc1nonc1CN(C)C(=O)CC(c1ccccc1)c1cccc(Cl)c1. The van der Waals surface area contributed by atoms with Crippen molar-refractivity contribution in [2.45, 2.75) is 25.8 Å². The van der Waals surface area contributed by atoms with Crippen LogP contribution in [0.3, 0.4) is 0 Å². The van der Waals surface area contributed by atoms with Crippen LogP contribution in [0.25, 0.3) is 0 Å². The van der Waals surface area contributed by atoms with Gasteiger partial charge < -0.3 is 4.90 Å². The topological polar surface area (TPSA) is 59.2 Å². The number of aryl methyl sites for hydroxylation is 1. The average molecular weight is 370 g/mol. The van der Waals surface area contributed by atoms with E-state index >= 15 is 0 Å². The Kier molecular flexibility index (Phi) is 5.68. The minimum atomic E-state index is -0.0682. The minimum Gasteiger partial charge on any atom is -0.340 e. The lowest BCUT2D eigenvalue weighted by Gasteiger charge is -2.22.